The number of hydrogen-bond acceptors (Lipinski definition) is 6. The third-order valence-electron chi connectivity index (χ3n) is 3.53. The number of ether oxygens (including phenoxy) is 4. The van der Waals surface area contributed by atoms with E-state index in [0.29, 0.717) is 41.8 Å². The normalized spacial score (nSPS) is 10.3. The van der Waals surface area contributed by atoms with E-state index < -0.39 is 5.91 Å². The van der Waals surface area contributed by atoms with Crippen LogP contribution < -0.4 is 25.3 Å². The molecule has 0 aliphatic carbocycles. The van der Waals surface area contributed by atoms with E-state index in [1.165, 1.54) is 26.4 Å². The first kappa shape index (κ1) is 19.7. The first-order valence-corrected chi connectivity index (χ1v) is 8.12. The van der Waals surface area contributed by atoms with E-state index in [2.05, 4.69) is 5.32 Å². The standard InChI is InChI=1S/C18H21ClN2O5/c1-23-6-7-26-17-8-11(4-5-15(17)24-2)21-18(22)12-9-13(19)14(20)10-16(12)25-3/h4-5,8-10H,6-7,20H2,1-3H3,(H,21,22). The first-order chi connectivity index (χ1) is 12.5. The fourth-order valence-corrected chi connectivity index (χ4v) is 2.38. The minimum atomic E-state index is -0.392. The van der Waals surface area contributed by atoms with Crippen LogP contribution >= 0.6 is 11.6 Å². The SMILES string of the molecule is COCCOc1cc(NC(=O)c2cc(Cl)c(N)cc2OC)ccc1OC. The molecular weight excluding hydrogens is 360 g/mol. The van der Waals surface area contributed by atoms with Crippen LogP contribution in [0.5, 0.6) is 17.2 Å². The maximum atomic E-state index is 12.6. The Morgan fingerprint density at radius 2 is 1.77 bits per heavy atom. The average molecular weight is 381 g/mol. The third kappa shape index (κ3) is 4.71. The number of nitrogen functional groups attached to an aromatic ring is 1. The number of benzene rings is 2. The van der Waals surface area contributed by atoms with E-state index in [1.54, 1.807) is 25.3 Å². The third-order valence-corrected chi connectivity index (χ3v) is 3.86. The van der Waals surface area contributed by atoms with Crippen LogP contribution in [-0.4, -0.2) is 40.5 Å². The van der Waals surface area contributed by atoms with Crippen LogP contribution in [0.15, 0.2) is 30.3 Å². The van der Waals surface area contributed by atoms with Crippen LogP contribution in [0.1, 0.15) is 10.4 Å². The van der Waals surface area contributed by atoms with Gasteiger partial charge in [-0.2, -0.15) is 0 Å². The van der Waals surface area contributed by atoms with Gasteiger partial charge in [0, 0.05) is 24.9 Å². The predicted octanol–water partition coefficient (Wildman–Crippen LogP) is 3.22. The molecule has 0 saturated carbocycles. The first-order valence-electron chi connectivity index (χ1n) is 7.74. The zero-order chi connectivity index (χ0) is 19.1. The number of hydrogen-bond donors (Lipinski definition) is 2. The average Bonchev–Trinajstić information content (AvgIpc) is 2.64. The summed E-state index contributed by atoms with van der Waals surface area (Å²) in [6, 6.07) is 8.03. The summed E-state index contributed by atoms with van der Waals surface area (Å²) in [6.07, 6.45) is 0. The maximum absolute atomic E-state index is 12.6. The molecule has 140 valence electrons. The molecule has 0 bridgehead atoms. The number of carbonyl (C=O) groups excluding carboxylic acids is 1. The highest BCUT2D eigenvalue weighted by Crippen LogP contribution is 2.32. The number of nitrogens with one attached hydrogen (secondary N) is 1. The van der Waals surface area contributed by atoms with Crippen LogP contribution in [-0.2, 0) is 4.74 Å². The molecule has 0 aliphatic heterocycles. The van der Waals surface area contributed by atoms with Gasteiger partial charge in [-0.15, -0.1) is 0 Å². The Morgan fingerprint density at radius 3 is 2.42 bits per heavy atom. The molecule has 0 fully saturated rings. The zero-order valence-corrected chi connectivity index (χ0v) is 15.6. The fourth-order valence-electron chi connectivity index (χ4n) is 2.22. The second kappa shape index (κ2) is 9.17. The summed E-state index contributed by atoms with van der Waals surface area (Å²) in [4.78, 5) is 12.6. The minimum Gasteiger partial charge on any atom is -0.496 e. The molecule has 2 aromatic carbocycles. The van der Waals surface area contributed by atoms with Crippen LogP contribution in [0.25, 0.3) is 0 Å². The van der Waals surface area contributed by atoms with E-state index >= 15 is 0 Å². The van der Waals surface area contributed by atoms with Gasteiger partial charge in [-0.25, -0.2) is 0 Å². The summed E-state index contributed by atoms with van der Waals surface area (Å²) in [5.74, 6) is 0.975. The Hall–Kier alpha value is -2.64. The molecule has 0 unspecified atom stereocenters. The number of nitrogens with two attached hydrogens (primary N) is 1. The van der Waals surface area contributed by atoms with E-state index in [1.807, 2.05) is 0 Å². The molecule has 0 aliphatic rings. The van der Waals surface area contributed by atoms with Crippen LogP contribution in [0.3, 0.4) is 0 Å². The highest BCUT2D eigenvalue weighted by Gasteiger charge is 2.16. The molecule has 0 spiro atoms. The summed E-state index contributed by atoms with van der Waals surface area (Å²) in [5.41, 5.74) is 6.87. The van der Waals surface area contributed by atoms with Crippen molar-refractivity contribution in [3.8, 4) is 17.2 Å². The lowest BCUT2D eigenvalue weighted by Crippen LogP contribution is -2.14. The van der Waals surface area contributed by atoms with Gasteiger partial charge in [-0.1, -0.05) is 11.6 Å². The summed E-state index contributed by atoms with van der Waals surface area (Å²) in [6.45, 7) is 0.784. The lowest BCUT2D eigenvalue weighted by molar-refractivity contribution is 0.102. The maximum Gasteiger partial charge on any atom is 0.259 e. The zero-order valence-electron chi connectivity index (χ0n) is 14.8. The molecule has 7 nitrogen and oxygen atoms in total. The number of methoxy groups -OCH3 is 3. The quantitative estimate of drug-likeness (QED) is 0.539. The van der Waals surface area contributed by atoms with Crippen molar-refractivity contribution in [2.75, 3.05) is 45.6 Å². The van der Waals surface area contributed by atoms with Crippen molar-refractivity contribution in [2.45, 2.75) is 0 Å². The van der Waals surface area contributed by atoms with Gasteiger partial charge in [-0.3, -0.25) is 4.79 Å². The Morgan fingerprint density at radius 1 is 1.04 bits per heavy atom. The van der Waals surface area contributed by atoms with Gasteiger partial charge < -0.3 is 30.0 Å². The van der Waals surface area contributed by atoms with Crippen LogP contribution in [0.2, 0.25) is 5.02 Å². The lowest BCUT2D eigenvalue weighted by atomic mass is 10.1. The van der Waals surface area contributed by atoms with Gasteiger partial charge in [0.2, 0.25) is 0 Å². The van der Waals surface area contributed by atoms with Crippen LogP contribution in [0.4, 0.5) is 11.4 Å². The minimum absolute atomic E-state index is 0.268. The largest absolute Gasteiger partial charge is 0.496 e. The highest BCUT2D eigenvalue weighted by atomic mass is 35.5. The van der Waals surface area contributed by atoms with E-state index in [-0.39, 0.29) is 10.6 Å². The number of anilines is 2. The smallest absolute Gasteiger partial charge is 0.259 e. The van der Waals surface area contributed by atoms with E-state index in [9.17, 15) is 4.79 Å². The van der Waals surface area contributed by atoms with E-state index in [0.717, 1.165) is 0 Å². The van der Waals surface area contributed by atoms with Crippen molar-refractivity contribution < 1.29 is 23.7 Å². The molecule has 1 amide bonds. The molecule has 8 heteroatoms. The number of carbonyl (C=O) groups is 1. The summed E-state index contributed by atoms with van der Waals surface area (Å²) in [5, 5.41) is 3.05. The summed E-state index contributed by atoms with van der Waals surface area (Å²) >= 11 is 6.02. The second-order valence-corrected chi connectivity index (χ2v) is 5.64. The highest BCUT2D eigenvalue weighted by molar-refractivity contribution is 6.33. The topological polar surface area (TPSA) is 92.0 Å². The van der Waals surface area contributed by atoms with Gasteiger partial charge in [0.15, 0.2) is 11.5 Å². The van der Waals surface area contributed by atoms with Gasteiger partial charge in [0.1, 0.15) is 12.4 Å². The Bertz CT molecular complexity index is 782. The molecule has 3 N–H and O–H groups in total. The Kier molecular flexibility index (Phi) is 6.94. The molecular formula is C18H21ClN2O5. The predicted molar refractivity (Wildman–Crippen MR) is 101 cm³/mol. The molecule has 2 rings (SSSR count). The van der Waals surface area contributed by atoms with Gasteiger partial charge in [0.05, 0.1) is 37.1 Å². The molecule has 0 atom stereocenters. The van der Waals surface area contributed by atoms with Gasteiger partial charge in [-0.05, 0) is 18.2 Å². The number of amides is 1. The van der Waals surface area contributed by atoms with Gasteiger partial charge in [0.25, 0.3) is 5.91 Å². The number of halogens is 1. The monoisotopic (exact) mass is 380 g/mol. The summed E-state index contributed by atoms with van der Waals surface area (Å²) in [7, 11) is 4.58. The number of rotatable bonds is 8. The van der Waals surface area contributed by atoms with Crippen molar-refractivity contribution in [1.29, 1.82) is 0 Å². The Balaban J connectivity index is 2.23. The van der Waals surface area contributed by atoms with Gasteiger partial charge >= 0.3 is 0 Å². The molecule has 0 radical (unpaired) electrons. The second-order valence-electron chi connectivity index (χ2n) is 5.24. The van der Waals surface area contributed by atoms with Crippen molar-refractivity contribution in [3.05, 3.63) is 40.9 Å². The fraction of sp³-hybridized carbons (Fsp3) is 0.278. The summed E-state index contributed by atoms with van der Waals surface area (Å²) < 4.78 is 21.0. The lowest BCUT2D eigenvalue weighted by Gasteiger charge is -2.14. The van der Waals surface area contributed by atoms with Crippen molar-refractivity contribution in [2.24, 2.45) is 0 Å². The molecule has 0 aromatic heterocycles. The van der Waals surface area contributed by atoms with Crippen molar-refractivity contribution in [3.63, 3.8) is 0 Å². The van der Waals surface area contributed by atoms with Crippen LogP contribution in [0, 0.1) is 0 Å². The molecule has 26 heavy (non-hydrogen) atoms. The molecule has 0 saturated heterocycles. The van der Waals surface area contributed by atoms with E-state index in [4.69, 9.17) is 36.3 Å². The van der Waals surface area contributed by atoms with Crippen molar-refractivity contribution in [1.82, 2.24) is 0 Å². The molecule has 2 aromatic rings. The van der Waals surface area contributed by atoms with Crippen molar-refractivity contribution >= 4 is 28.9 Å². The molecule has 0 heterocycles. The Labute approximate surface area is 156 Å².